The molecule has 0 amide bonds. The molecule has 0 spiro atoms. The number of hydrogen-bond acceptors (Lipinski definition) is 4. The molecule has 0 bridgehead atoms. The first kappa shape index (κ1) is 12.5. The van der Waals surface area contributed by atoms with Crippen LogP contribution in [-0.2, 0) is 5.60 Å². The molecule has 5 heteroatoms. The number of rotatable bonds is 3. The van der Waals surface area contributed by atoms with Crippen LogP contribution in [0.2, 0.25) is 0 Å². The molecule has 1 N–H and O–H groups in total. The second-order valence-corrected chi connectivity index (χ2v) is 4.68. The maximum atomic E-state index is 10.8. The molecular weight excluding hydrogens is 252 g/mol. The maximum absolute atomic E-state index is 10.8. The zero-order valence-electron chi connectivity index (χ0n) is 11.0. The summed E-state index contributed by atoms with van der Waals surface area (Å²) in [5.41, 5.74) is 0.925. The van der Waals surface area contributed by atoms with E-state index in [-0.39, 0.29) is 0 Å². The van der Waals surface area contributed by atoms with Crippen LogP contribution in [0.1, 0.15) is 18.2 Å². The van der Waals surface area contributed by atoms with Gasteiger partial charge in [0, 0.05) is 18.0 Å². The Morgan fingerprint density at radius 2 is 1.85 bits per heavy atom. The van der Waals surface area contributed by atoms with Crippen molar-refractivity contribution >= 4 is 0 Å². The summed E-state index contributed by atoms with van der Waals surface area (Å²) in [7, 11) is 0. The number of aliphatic hydroxyl groups is 1. The molecule has 0 saturated carbocycles. The molecule has 2 aromatic heterocycles. The summed E-state index contributed by atoms with van der Waals surface area (Å²) in [6.07, 6.45) is 4.88. The Labute approximate surface area is 116 Å². The van der Waals surface area contributed by atoms with Crippen molar-refractivity contribution in [2.45, 2.75) is 12.5 Å². The Morgan fingerprint density at radius 3 is 2.55 bits per heavy atom. The first-order chi connectivity index (χ1) is 9.69. The number of aromatic nitrogens is 4. The van der Waals surface area contributed by atoms with Crippen LogP contribution in [0.4, 0.5) is 0 Å². The van der Waals surface area contributed by atoms with Gasteiger partial charge in [0.05, 0.1) is 11.9 Å². The van der Waals surface area contributed by atoms with Gasteiger partial charge >= 0.3 is 0 Å². The summed E-state index contributed by atoms with van der Waals surface area (Å²) in [5, 5.41) is 18.8. The van der Waals surface area contributed by atoms with E-state index in [1.165, 1.54) is 0 Å². The zero-order chi connectivity index (χ0) is 14.0. The normalized spacial score (nSPS) is 13.9. The molecule has 2 heterocycles. The van der Waals surface area contributed by atoms with Crippen LogP contribution < -0.4 is 0 Å². The van der Waals surface area contributed by atoms with Crippen LogP contribution in [0, 0.1) is 0 Å². The third-order valence-corrected chi connectivity index (χ3v) is 3.27. The summed E-state index contributed by atoms with van der Waals surface area (Å²) in [4.78, 5) is 4.05. The van der Waals surface area contributed by atoms with E-state index in [0.717, 1.165) is 5.69 Å². The Bertz CT molecular complexity index is 692. The van der Waals surface area contributed by atoms with Crippen LogP contribution in [-0.4, -0.2) is 25.1 Å². The lowest BCUT2D eigenvalue weighted by Gasteiger charge is -2.23. The molecule has 0 radical (unpaired) electrons. The molecule has 3 rings (SSSR count). The van der Waals surface area contributed by atoms with Crippen LogP contribution in [0.15, 0.2) is 61.1 Å². The predicted octanol–water partition coefficient (Wildman–Crippen LogP) is 1.92. The SMILES string of the molecule is CC(O)(c1cccnc1)c1cnnn1-c1ccccc1. The summed E-state index contributed by atoms with van der Waals surface area (Å²) in [6.45, 7) is 1.71. The number of pyridine rings is 1. The average molecular weight is 266 g/mol. The van der Waals surface area contributed by atoms with E-state index in [2.05, 4.69) is 15.3 Å². The highest BCUT2D eigenvalue weighted by Gasteiger charge is 2.30. The Balaban J connectivity index is 2.10. The molecule has 0 fully saturated rings. The second kappa shape index (κ2) is 4.86. The van der Waals surface area contributed by atoms with Gasteiger partial charge in [0.25, 0.3) is 0 Å². The van der Waals surface area contributed by atoms with E-state index in [1.807, 2.05) is 36.4 Å². The molecule has 1 atom stereocenters. The van der Waals surface area contributed by atoms with Gasteiger partial charge in [-0.25, -0.2) is 4.68 Å². The Morgan fingerprint density at radius 1 is 1.05 bits per heavy atom. The molecule has 0 saturated heterocycles. The van der Waals surface area contributed by atoms with Crippen molar-refractivity contribution in [3.05, 3.63) is 72.3 Å². The van der Waals surface area contributed by atoms with Crippen molar-refractivity contribution in [2.75, 3.05) is 0 Å². The van der Waals surface area contributed by atoms with E-state index in [4.69, 9.17) is 0 Å². The number of para-hydroxylation sites is 1. The third kappa shape index (κ3) is 2.08. The smallest absolute Gasteiger partial charge is 0.132 e. The van der Waals surface area contributed by atoms with Gasteiger partial charge in [0.15, 0.2) is 0 Å². The van der Waals surface area contributed by atoms with Crippen molar-refractivity contribution in [2.24, 2.45) is 0 Å². The van der Waals surface area contributed by atoms with Crippen LogP contribution in [0.3, 0.4) is 0 Å². The standard InChI is InChI=1S/C15H14N4O/c1-15(20,12-6-5-9-16-10-12)14-11-17-18-19(14)13-7-3-2-4-8-13/h2-11,20H,1H3. The number of benzene rings is 1. The average Bonchev–Trinajstić information content (AvgIpc) is 2.99. The summed E-state index contributed by atoms with van der Waals surface area (Å²) < 4.78 is 1.63. The molecule has 3 aromatic rings. The molecular formula is C15H14N4O. The minimum atomic E-state index is -1.21. The highest BCUT2D eigenvalue weighted by atomic mass is 16.3. The summed E-state index contributed by atoms with van der Waals surface area (Å²) >= 11 is 0. The minimum absolute atomic E-state index is 0.594. The monoisotopic (exact) mass is 266 g/mol. The fourth-order valence-electron chi connectivity index (χ4n) is 2.13. The lowest BCUT2D eigenvalue weighted by Crippen LogP contribution is -2.26. The molecule has 100 valence electrons. The van der Waals surface area contributed by atoms with Gasteiger partial charge in [0.2, 0.25) is 0 Å². The first-order valence-corrected chi connectivity index (χ1v) is 6.29. The van der Waals surface area contributed by atoms with Gasteiger partial charge in [0.1, 0.15) is 11.3 Å². The van der Waals surface area contributed by atoms with E-state index in [9.17, 15) is 5.11 Å². The summed E-state index contributed by atoms with van der Waals surface area (Å²) in [6, 6.07) is 13.2. The highest BCUT2D eigenvalue weighted by molar-refractivity contribution is 5.36. The van der Waals surface area contributed by atoms with Gasteiger partial charge < -0.3 is 5.11 Å². The molecule has 0 aliphatic heterocycles. The number of nitrogens with zero attached hydrogens (tertiary/aromatic N) is 4. The Kier molecular flexibility index (Phi) is 3.04. The first-order valence-electron chi connectivity index (χ1n) is 6.29. The van der Waals surface area contributed by atoms with E-state index < -0.39 is 5.60 Å². The van der Waals surface area contributed by atoms with Gasteiger partial charge in [-0.1, -0.05) is 29.5 Å². The van der Waals surface area contributed by atoms with Crippen LogP contribution in [0.25, 0.3) is 5.69 Å². The lowest BCUT2D eigenvalue weighted by molar-refractivity contribution is 0.0942. The van der Waals surface area contributed by atoms with Crippen molar-refractivity contribution in [1.82, 2.24) is 20.0 Å². The largest absolute Gasteiger partial charge is 0.379 e. The van der Waals surface area contributed by atoms with Crippen molar-refractivity contribution in [3.8, 4) is 5.69 Å². The van der Waals surface area contributed by atoms with E-state index in [0.29, 0.717) is 11.3 Å². The third-order valence-electron chi connectivity index (χ3n) is 3.27. The molecule has 1 aromatic carbocycles. The minimum Gasteiger partial charge on any atom is -0.379 e. The maximum Gasteiger partial charge on any atom is 0.132 e. The second-order valence-electron chi connectivity index (χ2n) is 4.68. The van der Waals surface area contributed by atoms with Gasteiger partial charge in [-0.15, -0.1) is 5.10 Å². The molecule has 0 aliphatic carbocycles. The van der Waals surface area contributed by atoms with Crippen LogP contribution in [0.5, 0.6) is 0 Å². The predicted molar refractivity (Wildman–Crippen MR) is 74.3 cm³/mol. The number of hydrogen-bond donors (Lipinski definition) is 1. The molecule has 20 heavy (non-hydrogen) atoms. The van der Waals surface area contributed by atoms with Gasteiger partial charge in [-0.05, 0) is 25.1 Å². The van der Waals surface area contributed by atoms with Gasteiger partial charge in [-0.2, -0.15) is 0 Å². The van der Waals surface area contributed by atoms with Gasteiger partial charge in [-0.3, -0.25) is 4.98 Å². The van der Waals surface area contributed by atoms with Crippen molar-refractivity contribution in [3.63, 3.8) is 0 Å². The molecule has 5 nitrogen and oxygen atoms in total. The highest BCUT2D eigenvalue weighted by Crippen LogP contribution is 2.29. The quantitative estimate of drug-likeness (QED) is 0.786. The topological polar surface area (TPSA) is 63.8 Å². The summed E-state index contributed by atoms with van der Waals surface area (Å²) in [5.74, 6) is 0. The molecule has 1 unspecified atom stereocenters. The fraction of sp³-hybridized carbons (Fsp3) is 0.133. The van der Waals surface area contributed by atoms with Crippen molar-refractivity contribution in [1.29, 1.82) is 0 Å². The van der Waals surface area contributed by atoms with Crippen LogP contribution >= 0.6 is 0 Å². The molecule has 0 aliphatic rings. The van der Waals surface area contributed by atoms with Crippen molar-refractivity contribution < 1.29 is 5.11 Å². The van der Waals surface area contributed by atoms with E-state index in [1.54, 1.807) is 36.3 Å². The fourth-order valence-corrected chi connectivity index (χ4v) is 2.13. The Hall–Kier alpha value is -2.53. The lowest BCUT2D eigenvalue weighted by atomic mass is 9.94. The van der Waals surface area contributed by atoms with E-state index >= 15 is 0 Å². The zero-order valence-corrected chi connectivity index (χ0v) is 11.0.